The van der Waals surface area contributed by atoms with Crippen LogP contribution in [0.25, 0.3) is 0 Å². The zero-order valence-corrected chi connectivity index (χ0v) is 19.4. The molecule has 3 aromatic rings. The molecular weight excluding hydrogens is 422 g/mol. The van der Waals surface area contributed by atoms with E-state index in [0.29, 0.717) is 18.0 Å². The maximum absolute atomic E-state index is 12.5. The summed E-state index contributed by atoms with van der Waals surface area (Å²) in [6.07, 6.45) is 1.58. The summed E-state index contributed by atoms with van der Waals surface area (Å²) in [5.74, 6) is 1.29. The number of anilines is 1. The topological polar surface area (TPSA) is 54.9 Å². The first-order valence-electron chi connectivity index (χ1n) is 11.0. The van der Waals surface area contributed by atoms with Gasteiger partial charge in [0, 0.05) is 43.8 Å². The second kappa shape index (κ2) is 10.6. The highest BCUT2D eigenvalue weighted by Gasteiger charge is 2.23. The minimum atomic E-state index is -0.315. The van der Waals surface area contributed by atoms with Crippen LogP contribution in [0.5, 0.6) is 5.75 Å². The number of thiophene rings is 1. The van der Waals surface area contributed by atoms with Gasteiger partial charge in [0.05, 0.1) is 6.10 Å². The summed E-state index contributed by atoms with van der Waals surface area (Å²) in [6.45, 7) is 8.61. The Balaban J connectivity index is 1.33. The van der Waals surface area contributed by atoms with Crippen molar-refractivity contribution >= 4 is 23.1 Å². The number of hydrogen-bond acceptors (Lipinski definition) is 7. The van der Waals surface area contributed by atoms with Crippen LogP contribution >= 0.6 is 11.3 Å². The van der Waals surface area contributed by atoms with E-state index >= 15 is 0 Å². The predicted octanol–water partition coefficient (Wildman–Crippen LogP) is 4.61. The summed E-state index contributed by atoms with van der Waals surface area (Å²) in [5.41, 5.74) is 1.77. The lowest BCUT2D eigenvalue weighted by atomic mass is 10.1. The Kier molecular flexibility index (Phi) is 7.39. The first-order valence-corrected chi connectivity index (χ1v) is 11.8. The highest BCUT2D eigenvalue weighted by molar-refractivity contribution is 7.09. The van der Waals surface area contributed by atoms with Gasteiger partial charge in [-0.2, -0.15) is 0 Å². The molecule has 32 heavy (non-hydrogen) atoms. The maximum atomic E-state index is 12.5. The SMILES string of the molecule is CC(C)OC(=O)c1cccnc1N1CCN(Cc2cccc(OCc3cccs3)c2)CC1. The van der Waals surface area contributed by atoms with Crippen LogP contribution < -0.4 is 9.64 Å². The quantitative estimate of drug-likeness (QED) is 0.466. The number of hydrogen-bond donors (Lipinski definition) is 0. The predicted molar refractivity (Wildman–Crippen MR) is 127 cm³/mol. The zero-order valence-electron chi connectivity index (χ0n) is 18.6. The second-order valence-corrected chi connectivity index (χ2v) is 9.14. The molecule has 1 fully saturated rings. The van der Waals surface area contributed by atoms with Gasteiger partial charge in [-0.05, 0) is 55.1 Å². The number of nitrogens with zero attached hydrogens (tertiary/aromatic N) is 3. The average molecular weight is 452 g/mol. The highest BCUT2D eigenvalue weighted by atomic mass is 32.1. The Morgan fingerprint density at radius 1 is 1.09 bits per heavy atom. The molecule has 0 bridgehead atoms. The van der Waals surface area contributed by atoms with Crippen molar-refractivity contribution in [3.63, 3.8) is 0 Å². The Labute approximate surface area is 193 Å². The fourth-order valence-electron chi connectivity index (χ4n) is 3.74. The van der Waals surface area contributed by atoms with Gasteiger partial charge in [-0.25, -0.2) is 9.78 Å². The van der Waals surface area contributed by atoms with Crippen LogP contribution in [-0.2, 0) is 17.9 Å². The molecule has 0 unspecified atom stereocenters. The van der Waals surface area contributed by atoms with Crippen molar-refractivity contribution in [2.75, 3.05) is 31.1 Å². The Hall–Kier alpha value is -2.90. The van der Waals surface area contributed by atoms with Crippen LogP contribution in [0.1, 0.15) is 34.6 Å². The third-order valence-electron chi connectivity index (χ3n) is 5.29. The first kappa shape index (κ1) is 22.3. The number of aromatic nitrogens is 1. The van der Waals surface area contributed by atoms with Gasteiger partial charge >= 0.3 is 5.97 Å². The lowest BCUT2D eigenvalue weighted by Gasteiger charge is -2.36. The molecule has 2 aromatic heterocycles. The van der Waals surface area contributed by atoms with Gasteiger partial charge in [0.1, 0.15) is 23.7 Å². The van der Waals surface area contributed by atoms with Crippen LogP contribution in [0.15, 0.2) is 60.1 Å². The van der Waals surface area contributed by atoms with E-state index in [-0.39, 0.29) is 12.1 Å². The molecule has 1 aliphatic heterocycles. The van der Waals surface area contributed by atoms with E-state index in [9.17, 15) is 4.79 Å². The van der Waals surface area contributed by atoms with Crippen LogP contribution in [0.4, 0.5) is 5.82 Å². The smallest absolute Gasteiger partial charge is 0.342 e. The summed E-state index contributed by atoms with van der Waals surface area (Å²) in [5, 5.41) is 2.07. The fourth-order valence-corrected chi connectivity index (χ4v) is 4.36. The van der Waals surface area contributed by atoms with Gasteiger partial charge in [-0.3, -0.25) is 4.90 Å². The molecule has 0 saturated carbocycles. The average Bonchev–Trinajstić information content (AvgIpc) is 3.32. The molecular formula is C25H29N3O3S. The molecule has 0 N–H and O–H groups in total. The van der Waals surface area contributed by atoms with E-state index in [1.807, 2.05) is 26.0 Å². The molecule has 0 aliphatic carbocycles. The standard InChI is InChI=1S/C25H29N3O3S/c1-19(2)31-25(29)23-9-4-10-26-24(23)28-13-11-27(12-14-28)17-20-6-3-7-21(16-20)30-18-22-8-5-15-32-22/h3-10,15-16,19H,11-14,17-18H2,1-2H3. The summed E-state index contributed by atoms with van der Waals surface area (Å²) in [6, 6.07) is 16.0. The number of pyridine rings is 1. The Bertz CT molecular complexity index is 1010. The highest BCUT2D eigenvalue weighted by Crippen LogP contribution is 2.22. The molecule has 1 aromatic carbocycles. The number of esters is 1. The molecule has 7 heteroatoms. The number of rotatable bonds is 8. The maximum Gasteiger partial charge on any atom is 0.342 e. The van der Waals surface area contributed by atoms with Gasteiger partial charge in [0.25, 0.3) is 0 Å². The van der Waals surface area contributed by atoms with Crippen molar-refractivity contribution in [2.45, 2.75) is 33.1 Å². The molecule has 4 rings (SSSR count). The third-order valence-corrected chi connectivity index (χ3v) is 6.14. The summed E-state index contributed by atoms with van der Waals surface area (Å²) in [4.78, 5) is 22.8. The molecule has 1 aliphatic rings. The van der Waals surface area contributed by atoms with Crippen molar-refractivity contribution < 1.29 is 14.3 Å². The molecule has 0 amide bonds. The van der Waals surface area contributed by atoms with E-state index < -0.39 is 0 Å². The van der Waals surface area contributed by atoms with E-state index in [0.717, 1.165) is 38.5 Å². The van der Waals surface area contributed by atoms with E-state index in [1.165, 1.54) is 10.4 Å². The molecule has 0 atom stereocenters. The van der Waals surface area contributed by atoms with Gasteiger partial charge in [0.15, 0.2) is 0 Å². The van der Waals surface area contributed by atoms with Gasteiger partial charge in [-0.1, -0.05) is 18.2 Å². The van der Waals surface area contributed by atoms with Crippen LogP contribution in [0.3, 0.4) is 0 Å². The Morgan fingerprint density at radius 3 is 2.69 bits per heavy atom. The number of carbonyl (C=O) groups excluding carboxylic acids is 1. The van der Waals surface area contributed by atoms with Crippen molar-refractivity contribution in [1.29, 1.82) is 0 Å². The summed E-state index contributed by atoms with van der Waals surface area (Å²) >= 11 is 1.71. The van der Waals surface area contributed by atoms with Crippen molar-refractivity contribution in [1.82, 2.24) is 9.88 Å². The largest absolute Gasteiger partial charge is 0.488 e. The summed E-state index contributed by atoms with van der Waals surface area (Å²) in [7, 11) is 0. The Morgan fingerprint density at radius 2 is 1.94 bits per heavy atom. The number of carbonyl (C=O) groups is 1. The number of ether oxygens (including phenoxy) is 2. The molecule has 0 spiro atoms. The van der Waals surface area contributed by atoms with E-state index in [4.69, 9.17) is 9.47 Å². The molecule has 168 valence electrons. The fraction of sp³-hybridized carbons (Fsp3) is 0.360. The number of piperazine rings is 1. The summed E-state index contributed by atoms with van der Waals surface area (Å²) < 4.78 is 11.3. The van der Waals surface area contributed by atoms with Crippen LogP contribution in [-0.4, -0.2) is 48.1 Å². The van der Waals surface area contributed by atoms with E-state index in [1.54, 1.807) is 29.7 Å². The normalized spacial score (nSPS) is 14.5. The molecule has 3 heterocycles. The second-order valence-electron chi connectivity index (χ2n) is 8.11. The lowest BCUT2D eigenvalue weighted by molar-refractivity contribution is 0.0378. The third kappa shape index (κ3) is 5.87. The van der Waals surface area contributed by atoms with Gasteiger partial charge in [-0.15, -0.1) is 11.3 Å². The van der Waals surface area contributed by atoms with Gasteiger partial charge < -0.3 is 14.4 Å². The minimum absolute atomic E-state index is 0.155. The van der Waals surface area contributed by atoms with Crippen LogP contribution in [0.2, 0.25) is 0 Å². The van der Waals surface area contributed by atoms with Gasteiger partial charge in [0.2, 0.25) is 0 Å². The van der Waals surface area contributed by atoms with E-state index in [2.05, 4.69) is 44.4 Å². The molecule has 6 nitrogen and oxygen atoms in total. The van der Waals surface area contributed by atoms with Crippen LogP contribution in [0, 0.1) is 0 Å². The monoisotopic (exact) mass is 451 g/mol. The molecule has 1 saturated heterocycles. The van der Waals surface area contributed by atoms with Crippen molar-refractivity contribution in [3.05, 3.63) is 76.1 Å². The van der Waals surface area contributed by atoms with Crippen molar-refractivity contribution in [2.24, 2.45) is 0 Å². The lowest BCUT2D eigenvalue weighted by Crippen LogP contribution is -2.46. The zero-order chi connectivity index (χ0) is 22.3. The number of benzene rings is 1. The molecule has 0 radical (unpaired) electrons. The minimum Gasteiger partial charge on any atom is -0.488 e. The van der Waals surface area contributed by atoms with Crippen molar-refractivity contribution in [3.8, 4) is 5.75 Å². The first-order chi connectivity index (χ1) is 15.6.